The number of halogens is 3. The zero-order valence-corrected chi connectivity index (χ0v) is 23.1. The molecule has 0 unspecified atom stereocenters. The maximum absolute atomic E-state index is 13.8. The monoisotopic (exact) mass is 568 g/mol. The summed E-state index contributed by atoms with van der Waals surface area (Å²) < 4.78 is 41.4. The van der Waals surface area contributed by atoms with E-state index in [1.807, 2.05) is 17.0 Å². The second-order valence-electron chi connectivity index (χ2n) is 11.1. The lowest BCUT2D eigenvalue weighted by Crippen LogP contribution is -2.44. The van der Waals surface area contributed by atoms with Crippen molar-refractivity contribution >= 4 is 28.8 Å². The number of aromatic nitrogens is 3. The highest BCUT2D eigenvalue weighted by molar-refractivity contribution is 5.67. The number of H-pyrrole nitrogens is 1. The third-order valence-corrected chi connectivity index (χ3v) is 8.14. The summed E-state index contributed by atoms with van der Waals surface area (Å²) >= 11 is 0. The quantitative estimate of drug-likeness (QED) is 0.327. The van der Waals surface area contributed by atoms with Gasteiger partial charge in [0.1, 0.15) is 17.1 Å². The van der Waals surface area contributed by atoms with Crippen molar-refractivity contribution in [2.24, 2.45) is 0 Å². The summed E-state index contributed by atoms with van der Waals surface area (Å²) in [5.74, 6) is 0.298. The van der Waals surface area contributed by atoms with Crippen molar-refractivity contribution in [2.45, 2.75) is 37.8 Å². The highest BCUT2D eigenvalue weighted by Crippen LogP contribution is 2.45. The van der Waals surface area contributed by atoms with Crippen LogP contribution in [0.1, 0.15) is 41.9 Å². The standard InChI is InChI=1S/C29H35F3N8O/c1-38-13-15-39(16-14-38)21-5-6-24(22(17-21)19-3-4-19)36-28-35-18-23(29(30,31)32)26(37-28)33-9-2-11-40-12-8-20-7-10-34-27(41)25(20)40/h5-7,10,17-19H,2-4,8-9,11-16H2,1H3,(H,34,41)(H2,33,35,36,37). The number of aromatic amines is 1. The molecular weight excluding hydrogens is 533 g/mol. The fourth-order valence-electron chi connectivity index (χ4n) is 5.69. The predicted octanol–water partition coefficient (Wildman–Crippen LogP) is 4.42. The van der Waals surface area contributed by atoms with Crippen LogP contribution < -0.4 is 26.0 Å². The van der Waals surface area contributed by atoms with Crippen LogP contribution in [0.2, 0.25) is 0 Å². The fourth-order valence-corrected chi connectivity index (χ4v) is 5.69. The zero-order valence-electron chi connectivity index (χ0n) is 23.1. The van der Waals surface area contributed by atoms with E-state index in [2.05, 4.69) is 54.6 Å². The van der Waals surface area contributed by atoms with Gasteiger partial charge in [0.2, 0.25) is 5.95 Å². The van der Waals surface area contributed by atoms with E-state index >= 15 is 0 Å². The Balaban J connectivity index is 1.15. The number of anilines is 5. The number of rotatable bonds is 9. The Morgan fingerprint density at radius 1 is 1.10 bits per heavy atom. The van der Waals surface area contributed by atoms with Crippen LogP contribution in [0.15, 0.2) is 41.5 Å². The lowest BCUT2D eigenvalue weighted by Gasteiger charge is -2.34. The first-order valence-corrected chi connectivity index (χ1v) is 14.2. The summed E-state index contributed by atoms with van der Waals surface area (Å²) in [6.07, 6.45) is 1.39. The van der Waals surface area contributed by atoms with Gasteiger partial charge in [0.05, 0.1) is 0 Å². The summed E-state index contributed by atoms with van der Waals surface area (Å²) in [5, 5.41) is 6.08. The number of likely N-dealkylation sites (N-methyl/N-ethyl adjacent to an activating group) is 1. The van der Waals surface area contributed by atoms with Crippen molar-refractivity contribution in [2.75, 3.05) is 73.3 Å². The largest absolute Gasteiger partial charge is 0.421 e. The van der Waals surface area contributed by atoms with Gasteiger partial charge in [-0.05, 0) is 74.0 Å². The molecular formula is C29H35F3N8O. The zero-order chi connectivity index (χ0) is 28.6. The van der Waals surface area contributed by atoms with Crippen molar-refractivity contribution in [3.8, 4) is 0 Å². The Morgan fingerprint density at radius 3 is 2.66 bits per heavy atom. The minimum absolute atomic E-state index is 0.120. The van der Waals surface area contributed by atoms with Crippen LogP contribution in [0.5, 0.6) is 0 Å². The van der Waals surface area contributed by atoms with Gasteiger partial charge in [-0.25, -0.2) is 4.98 Å². The first-order chi connectivity index (χ1) is 19.8. The molecule has 6 rings (SSSR count). The van der Waals surface area contributed by atoms with Crippen LogP contribution in [-0.4, -0.2) is 72.7 Å². The van der Waals surface area contributed by atoms with Crippen LogP contribution >= 0.6 is 0 Å². The normalized spacial score (nSPS) is 17.6. The Labute approximate surface area is 236 Å². The van der Waals surface area contributed by atoms with E-state index in [1.165, 1.54) is 5.69 Å². The van der Waals surface area contributed by atoms with E-state index in [9.17, 15) is 18.0 Å². The van der Waals surface area contributed by atoms with Gasteiger partial charge in [0.25, 0.3) is 5.56 Å². The molecule has 3 aliphatic rings. The average molecular weight is 569 g/mol. The number of piperazine rings is 1. The molecule has 218 valence electrons. The Hall–Kier alpha value is -3.80. The van der Waals surface area contributed by atoms with E-state index in [4.69, 9.17) is 0 Å². The van der Waals surface area contributed by atoms with Crippen molar-refractivity contribution in [3.63, 3.8) is 0 Å². The number of nitrogens with zero attached hydrogens (tertiary/aromatic N) is 5. The first-order valence-electron chi connectivity index (χ1n) is 14.2. The topological polar surface area (TPSA) is 92.4 Å². The molecule has 2 aliphatic heterocycles. The Bertz CT molecular complexity index is 1450. The molecule has 0 spiro atoms. The number of fused-ring (bicyclic) bond motifs is 1. The van der Waals surface area contributed by atoms with E-state index in [0.717, 1.165) is 68.5 Å². The first kappa shape index (κ1) is 27.4. The van der Waals surface area contributed by atoms with Crippen molar-refractivity contribution in [1.29, 1.82) is 0 Å². The van der Waals surface area contributed by atoms with E-state index in [1.54, 1.807) is 6.20 Å². The van der Waals surface area contributed by atoms with Crippen LogP contribution in [-0.2, 0) is 12.6 Å². The summed E-state index contributed by atoms with van der Waals surface area (Å²) in [6.45, 7) is 5.48. The van der Waals surface area contributed by atoms with E-state index in [-0.39, 0.29) is 23.9 Å². The molecule has 0 bridgehead atoms. The molecule has 9 nitrogen and oxygen atoms in total. The van der Waals surface area contributed by atoms with Crippen molar-refractivity contribution in [1.82, 2.24) is 19.9 Å². The third-order valence-electron chi connectivity index (χ3n) is 8.14. The van der Waals surface area contributed by atoms with Gasteiger partial charge in [-0.2, -0.15) is 18.2 Å². The number of alkyl halides is 3. The maximum atomic E-state index is 13.8. The smallest absolute Gasteiger partial charge is 0.369 e. The lowest BCUT2D eigenvalue weighted by molar-refractivity contribution is -0.137. The predicted molar refractivity (Wildman–Crippen MR) is 155 cm³/mol. The van der Waals surface area contributed by atoms with Gasteiger partial charge in [-0.15, -0.1) is 0 Å². The summed E-state index contributed by atoms with van der Waals surface area (Å²) in [7, 11) is 2.13. The van der Waals surface area contributed by atoms with Gasteiger partial charge in [0, 0.05) is 69.6 Å². The second-order valence-corrected chi connectivity index (χ2v) is 11.1. The van der Waals surface area contributed by atoms with Gasteiger partial charge in [-0.1, -0.05) is 0 Å². The van der Waals surface area contributed by atoms with E-state index in [0.29, 0.717) is 31.1 Å². The lowest BCUT2D eigenvalue weighted by atomic mass is 10.1. The van der Waals surface area contributed by atoms with Crippen molar-refractivity contribution < 1.29 is 13.2 Å². The number of nitrogens with one attached hydrogen (secondary N) is 3. The van der Waals surface area contributed by atoms with Gasteiger partial charge in [-0.3, -0.25) is 4.79 Å². The van der Waals surface area contributed by atoms with Crippen LogP contribution in [0.4, 0.5) is 42.0 Å². The maximum Gasteiger partial charge on any atom is 0.421 e. The number of benzene rings is 1. The fraction of sp³-hybridized carbons (Fsp3) is 0.483. The molecule has 2 aromatic heterocycles. The summed E-state index contributed by atoms with van der Waals surface area (Å²) in [6, 6.07) is 8.15. The molecule has 0 radical (unpaired) electrons. The van der Waals surface area contributed by atoms with Gasteiger partial charge >= 0.3 is 6.18 Å². The average Bonchev–Trinajstić information content (AvgIpc) is 3.71. The molecule has 1 aliphatic carbocycles. The molecule has 3 N–H and O–H groups in total. The Morgan fingerprint density at radius 2 is 1.90 bits per heavy atom. The highest BCUT2D eigenvalue weighted by Gasteiger charge is 2.35. The van der Waals surface area contributed by atoms with Gasteiger partial charge < -0.3 is 30.3 Å². The molecule has 12 heteroatoms. The molecule has 0 amide bonds. The van der Waals surface area contributed by atoms with Crippen LogP contribution in [0.25, 0.3) is 0 Å². The van der Waals surface area contributed by atoms with Crippen LogP contribution in [0, 0.1) is 0 Å². The molecule has 1 saturated carbocycles. The van der Waals surface area contributed by atoms with Gasteiger partial charge in [0.15, 0.2) is 0 Å². The molecule has 1 saturated heterocycles. The molecule has 4 heterocycles. The van der Waals surface area contributed by atoms with E-state index < -0.39 is 11.7 Å². The second kappa shape index (κ2) is 11.2. The third kappa shape index (κ3) is 6.12. The van der Waals surface area contributed by atoms with Crippen LogP contribution in [0.3, 0.4) is 0 Å². The number of hydrogen-bond acceptors (Lipinski definition) is 8. The summed E-state index contributed by atoms with van der Waals surface area (Å²) in [4.78, 5) is 29.9. The Kier molecular flexibility index (Phi) is 7.50. The highest BCUT2D eigenvalue weighted by atomic mass is 19.4. The molecule has 2 fully saturated rings. The molecule has 3 aromatic rings. The SMILES string of the molecule is CN1CCN(c2ccc(Nc3ncc(C(F)(F)F)c(NCCCN4CCc5cc[nH]c(=O)c54)n3)c(C3CC3)c2)CC1. The molecule has 41 heavy (non-hydrogen) atoms. The summed E-state index contributed by atoms with van der Waals surface area (Å²) in [5.41, 5.74) is 3.76. The van der Waals surface area contributed by atoms with Crippen molar-refractivity contribution in [3.05, 3.63) is 63.7 Å². The molecule has 0 atom stereocenters. The minimum atomic E-state index is -4.59. The number of pyridine rings is 1. The molecule has 1 aromatic carbocycles. The number of hydrogen-bond donors (Lipinski definition) is 3. The minimum Gasteiger partial charge on any atom is -0.369 e.